The van der Waals surface area contributed by atoms with Crippen LogP contribution in [0.4, 0.5) is 9.18 Å². The van der Waals surface area contributed by atoms with E-state index < -0.39 is 29.1 Å². The van der Waals surface area contributed by atoms with Crippen LogP contribution in [0.1, 0.15) is 39.6 Å². The van der Waals surface area contributed by atoms with Gasteiger partial charge in [-0.2, -0.15) is 0 Å². The van der Waals surface area contributed by atoms with Crippen LogP contribution in [0.2, 0.25) is 0 Å². The standard InChI is InChI=1S/C20H21FN4O3/c1-12(23-19(27)28-20(2,3)4)17-24-15-9-5-8-14(21)16(15)18(26)25(17)13-7-6-10-22-11-13/h5-12H,1-4H3,(H,23,27)/t12-/m0/s1. The first-order valence-electron chi connectivity index (χ1n) is 8.78. The number of hydrogen-bond donors (Lipinski definition) is 1. The molecular weight excluding hydrogens is 363 g/mol. The van der Waals surface area contributed by atoms with Crippen molar-refractivity contribution in [1.82, 2.24) is 19.9 Å². The Morgan fingerprint density at radius 3 is 2.64 bits per heavy atom. The van der Waals surface area contributed by atoms with E-state index in [-0.39, 0.29) is 16.7 Å². The van der Waals surface area contributed by atoms with Crippen molar-refractivity contribution in [3.8, 4) is 5.69 Å². The average molecular weight is 384 g/mol. The first kappa shape index (κ1) is 19.5. The number of carbonyl (C=O) groups is 1. The lowest BCUT2D eigenvalue weighted by Gasteiger charge is -2.23. The molecule has 0 spiro atoms. The lowest BCUT2D eigenvalue weighted by molar-refractivity contribution is 0.0505. The van der Waals surface area contributed by atoms with Gasteiger partial charge in [-0.15, -0.1) is 0 Å². The molecule has 0 saturated heterocycles. The summed E-state index contributed by atoms with van der Waals surface area (Å²) in [7, 11) is 0. The van der Waals surface area contributed by atoms with E-state index in [1.807, 2.05) is 0 Å². The van der Waals surface area contributed by atoms with E-state index >= 15 is 0 Å². The zero-order valence-corrected chi connectivity index (χ0v) is 16.1. The second-order valence-electron chi connectivity index (χ2n) is 7.32. The molecule has 8 heteroatoms. The molecule has 146 valence electrons. The lowest BCUT2D eigenvalue weighted by Crippen LogP contribution is -2.37. The van der Waals surface area contributed by atoms with Crippen molar-refractivity contribution in [3.63, 3.8) is 0 Å². The van der Waals surface area contributed by atoms with Gasteiger partial charge in [-0.1, -0.05) is 6.07 Å². The van der Waals surface area contributed by atoms with Crippen molar-refractivity contribution in [2.45, 2.75) is 39.3 Å². The number of nitrogens with zero attached hydrogens (tertiary/aromatic N) is 3. The number of pyridine rings is 1. The molecule has 0 bridgehead atoms. The van der Waals surface area contributed by atoms with Crippen LogP contribution in [0.3, 0.4) is 0 Å². The predicted octanol–water partition coefficient (Wildman–Crippen LogP) is 3.51. The molecule has 7 nitrogen and oxygen atoms in total. The Bertz CT molecular complexity index is 1070. The second kappa shape index (κ2) is 7.38. The Labute approximate surface area is 161 Å². The summed E-state index contributed by atoms with van der Waals surface area (Å²) in [4.78, 5) is 33.7. The Balaban J connectivity index is 2.15. The Hall–Kier alpha value is -3.29. The zero-order valence-electron chi connectivity index (χ0n) is 16.1. The monoisotopic (exact) mass is 384 g/mol. The number of alkyl carbamates (subject to hydrolysis) is 1. The van der Waals surface area contributed by atoms with E-state index in [1.54, 1.807) is 52.1 Å². The van der Waals surface area contributed by atoms with Crippen LogP contribution in [0.15, 0.2) is 47.5 Å². The van der Waals surface area contributed by atoms with Gasteiger partial charge in [0.05, 0.1) is 23.4 Å². The van der Waals surface area contributed by atoms with E-state index in [0.717, 1.165) is 0 Å². The van der Waals surface area contributed by atoms with Gasteiger partial charge in [-0.25, -0.2) is 14.2 Å². The molecule has 1 aromatic carbocycles. The van der Waals surface area contributed by atoms with E-state index in [1.165, 1.54) is 22.9 Å². The summed E-state index contributed by atoms with van der Waals surface area (Å²) in [5.74, 6) is -0.422. The zero-order chi connectivity index (χ0) is 20.5. The molecule has 1 N–H and O–H groups in total. The minimum absolute atomic E-state index is 0.125. The minimum Gasteiger partial charge on any atom is -0.444 e. The summed E-state index contributed by atoms with van der Waals surface area (Å²) in [6.45, 7) is 6.92. The SMILES string of the molecule is C[C@H](NC(=O)OC(C)(C)C)c1nc2cccc(F)c2c(=O)n1-c1cccnc1. The van der Waals surface area contributed by atoms with Crippen molar-refractivity contribution in [3.05, 3.63) is 64.7 Å². The molecule has 3 aromatic rings. The van der Waals surface area contributed by atoms with E-state index in [0.29, 0.717) is 5.69 Å². The number of rotatable bonds is 3. The molecule has 0 radical (unpaired) electrons. The van der Waals surface area contributed by atoms with E-state index in [2.05, 4.69) is 15.3 Å². The molecule has 0 aliphatic carbocycles. The van der Waals surface area contributed by atoms with Crippen LogP contribution < -0.4 is 10.9 Å². The van der Waals surface area contributed by atoms with Crippen LogP contribution in [-0.4, -0.2) is 26.2 Å². The smallest absolute Gasteiger partial charge is 0.408 e. The third kappa shape index (κ3) is 4.00. The average Bonchev–Trinajstić information content (AvgIpc) is 2.60. The number of carbonyl (C=O) groups excluding carboxylic acids is 1. The van der Waals surface area contributed by atoms with Crippen LogP contribution in [0.5, 0.6) is 0 Å². The van der Waals surface area contributed by atoms with E-state index in [4.69, 9.17) is 4.74 Å². The molecule has 2 aromatic heterocycles. The van der Waals surface area contributed by atoms with Gasteiger partial charge in [0, 0.05) is 6.20 Å². The molecule has 3 rings (SSSR count). The highest BCUT2D eigenvalue weighted by molar-refractivity contribution is 5.78. The molecule has 1 atom stereocenters. The van der Waals surface area contributed by atoms with Gasteiger partial charge >= 0.3 is 6.09 Å². The van der Waals surface area contributed by atoms with Crippen molar-refractivity contribution < 1.29 is 13.9 Å². The summed E-state index contributed by atoms with van der Waals surface area (Å²) < 4.78 is 20.8. The van der Waals surface area contributed by atoms with Gasteiger partial charge in [-0.3, -0.25) is 14.3 Å². The summed E-state index contributed by atoms with van der Waals surface area (Å²) >= 11 is 0. The number of ether oxygens (including phenoxy) is 1. The third-order valence-electron chi connectivity index (χ3n) is 3.90. The van der Waals surface area contributed by atoms with Gasteiger partial charge in [0.2, 0.25) is 0 Å². The number of benzene rings is 1. The fourth-order valence-corrected chi connectivity index (χ4v) is 2.78. The minimum atomic E-state index is -0.685. The summed E-state index contributed by atoms with van der Waals surface area (Å²) in [6.07, 6.45) is 2.39. The van der Waals surface area contributed by atoms with Gasteiger partial charge in [-0.05, 0) is 52.0 Å². The summed E-state index contributed by atoms with van der Waals surface area (Å²) in [5.41, 5.74) is -0.632. The third-order valence-corrected chi connectivity index (χ3v) is 3.90. The van der Waals surface area contributed by atoms with Crippen molar-refractivity contribution in [1.29, 1.82) is 0 Å². The molecule has 0 saturated carbocycles. The molecule has 1 amide bonds. The van der Waals surface area contributed by atoms with Crippen LogP contribution in [0, 0.1) is 5.82 Å². The maximum Gasteiger partial charge on any atom is 0.408 e. The number of amides is 1. The highest BCUT2D eigenvalue weighted by Crippen LogP contribution is 2.19. The largest absolute Gasteiger partial charge is 0.444 e. The number of nitrogens with one attached hydrogen (secondary N) is 1. The highest BCUT2D eigenvalue weighted by atomic mass is 19.1. The maximum absolute atomic E-state index is 14.3. The van der Waals surface area contributed by atoms with Gasteiger partial charge < -0.3 is 10.1 Å². The molecule has 0 unspecified atom stereocenters. The topological polar surface area (TPSA) is 86.1 Å². The quantitative estimate of drug-likeness (QED) is 0.747. The van der Waals surface area contributed by atoms with Crippen molar-refractivity contribution in [2.24, 2.45) is 0 Å². The predicted molar refractivity (Wildman–Crippen MR) is 103 cm³/mol. The van der Waals surface area contributed by atoms with Crippen molar-refractivity contribution >= 4 is 17.0 Å². The van der Waals surface area contributed by atoms with Gasteiger partial charge in [0.25, 0.3) is 5.56 Å². The number of halogens is 1. The molecular formula is C20H21FN4O3. The Kier molecular flexibility index (Phi) is 5.13. The van der Waals surface area contributed by atoms with E-state index in [9.17, 15) is 14.0 Å². The Morgan fingerprint density at radius 1 is 1.25 bits per heavy atom. The Morgan fingerprint density at radius 2 is 2.00 bits per heavy atom. The van der Waals surface area contributed by atoms with Crippen LogP contribution in [-0.2, 0) is 4.74 Å². The maximum atomic E-state index is 14.3. The second-order valence-corrected chi connectivity index (χ2v) is 7.32. The highest BCUT2D eigenvalue weighted by Gasteiger charge is 2.23. The summed E-state index contributed by atoms with van der Waals surface area (Å²) in [6, 6.07) is 6.87. The first-order valence-corrected chi connectivity index (χ1v) is 8.78. The molecule has 0 aliphatic heterocycles. The number of fused-ring (bicyclic) bond motifs is 1. The molecule has 0 fully saturated rings. The fraction of sp³-hybridized carbons (Fsp3) is 0.300. The van der Waals surface area contributed by atoms with Gasteiger partial charge in [0.1, 0.15) is 22.6 Å². The first-order chi connectivity index (χ1) is 13.2. The van der Waals surface area contributed by atoms with Crippen LogP contribution in [0.25, 0.3) is 16.6 Å². The number of hydrogen-bond acceptors (Lipinski definition) is 5. The molecule has 2 heterocycles. The van der Waals surface area contributed by atoms with Crippen molar-refractivity contribution in [2.75, 3.05) is 0 Å². The van der Waals surface area contributed by atoms with Crippen LogP contribution >= 0.6 is 0 Å². The molecule has 28 heavy (non-hydrogen) atoms. The summed E-state index contributed by atoms with van der Waals surface area (Å²) in [5, 5.41) is 2.55. The number of aromatic nitrogens is 3. The van der Waals surface area contributed by atoms with Gasteiger partial charge in [0.15, 0.2) is 0 Å². The normalized spacial score (nSPS) is 12.6. The molecule has 0 aliphatic rings. The lowest BCUT2D eigenvalue weighted by atomic mass is 10.2. The fourth-order valence-electron chi connectivity index (χ4n) is 2.78.